The quantitative estimate of drug-likeness (QED) is 0.0473. The second kappa shape index (κ2) is 17.0. The van der Waals surface area contributed by atoms with Gasteiger partial charge in [-0.15, -0.1) is 11.8 Å². The number of aryl methyl sites for hydroxylation is 5. The number of fused-ring (bicyclic) bond motifs is 2. The Bertz CT molecular complexity index is 2390. The fourth-order valence-corrected chi connectivity index (χ4v) is 10.2. The van der Waals surface area contributed by atoms with Crippen LogP contribution in [-0.2, 0) is 47.7 Å². The van der Waals surface area contributed by atoms with Crippen LogP contribution >= 0.6 is 35.1 Å². The van der Waals surface area contributed by atoms with Crippen molar-refractivity contribution in [1.82, 2.24) is 24.1 Å². The monoisotopic (exact) mass is 831 g/mol. The van der Waals surface area contributed by atoms with Crippen molar-refractivity contribution in [3.63, 3.8) is 0 Å². The van der Waals surface area contributed by atoms with Gasteiger partial charge in [0.25, 0.3) is 0 Å². The molecule has 3 aromatic heterocycles. The number of phenolic OH excluding ortho intramolecular Hbond substituents is 1. The summed E-state index contributed by atoms with van der Waals surface area (Å²) < 4.78 is 18.0. The van der Waals surface area contributed by atoms with E-state index in [4.69, 9.17) is 31.0 Å². The summed E-state index contributed by atoms with van der Waals surface area (Å²) >= 11 is 10.6. The van der Waals surface area contributed by atoms with Gasteiger partial charge in [0.1, 0.15) is 11.4 Å². The minimum atomic E-state index is -1.93. The van der Waals surface area contributed by atoms with E-state index in [0.29, 0.717) is 41.8 Å². The Balaban J connectivity index is 1.26. The molecule has 56 heavy (non-hydrogen) atoms. The molecule has 0 unspecified atom stereocenters. The number of aromatic nitrogens is 5. The fourth-order valence-electron chi connectivity index (χ4n) is 7.08. The summed E-state index contributed by atoms with van der Waals surface area (Å²) in [4.78, 5) is 14.8. The molecule has 6 rings (SSSR count). The standard InChI is InChI=1S/C43H54ClN5O4S2Si/c1-27-38(28(2)47(6)45-27)39-36(44)18-17-35-34(16-13-20-53-56(9,10)43(3,4)5)41(42(51)52-8)49(40(35)39)19-21-54-25-30-23-31(48(7)46-30)26-55-32-22-29-14-11-12-15-33(29)37(50)24-32/h11-12,14-15,17-18,22-24,50H,13,16,19-21,25-26H2,1-10H3. The molecule has 0 saturated carbocycles. The number of hydrogen-bond donors (Lipinski definition) is 1. The van der Waals surface area contributed by atoms with Crippen molar-refractivity contribution in [1.29, 1.82) is 0 Å². The number of thioether (sulfide) groups is 2. The van der Waals surface area contributed by atoms with Gasteiger partial charge in [-0.2, -0.15) is 22.0 Å². The molecule has 1 N–H and O–H groups in total. The molecule has 0 amide bonds. The Morgan fingerprint density at radius 3 is 2.41 bits per heavy atom. The highest BCUT2D eigenvalue weighted by molar-refractivity contribution is 7.98. The van der Waals surface area contributed by atoms with Crippen LogP contribution in [0.15, 0.2) is 59.5 Å². The normalized spacial score (nSPS) is 12.3. The summed E-state index contributed by atoms with van der Waals surface area (Å²) in [6.07, 6.45) is 1.44. The zero-order valence-electron chi connectivity index (χ0n) is 34.2. The molecule has 0 spiro atoms. The van der Waals surface area contributed by atoms with E-state index in [0.717, 1.165) is 84.0 Å². The van der Waals surface area contributed by atoms with E-state index in [1.54, 1.807) is 23.5 Å². The number of methoxy groups -OCH3 is 1. The molecule has 0 aliphatic rings. The summed E-state index contributed by atoms with van der Waals surface area (Å²) in [5.74, 6) is 2.11. The third-order valence-corrected chi connectivity index (χ3v) is 18.0. The number of ether oxygens (including phenoxy) is 1. The van der Waals surface area contributed by atoms with Gasteiger partial charge in [-0.05, 0) is 80.0 Å². The number of aromatic hydroxyl groups is 1. The highest BCUT2D eigenvalue weighted by Crippen LogP contribution is 2.43. The molecule has 3 heterocycles. The predicted octanol–water partition coefficient (Wildman–Crippen LogP) is 10.9. The van der Waals surface area contributed by atoms with Crippen molar-refractivity contribution in [3.05, 3.63) is 93.7 Å². The van der Waals surface area contributed by atoms with Crippen LogP contribution < -0.4 is 0 Å². The Hall–Kier alpha value is -3.68. The number of carbonyl (C=O) groups excluding carboxylic acids is 1. The molecule has 0 aliphatic carbocycles. The maximum absolute atomic E-state index is 13.8. The number of phenols is 1. The molecular weight excluding hydrogens is 778 g/mol. The first-order valence-electron chi connectivity index (χ1n) is 19.0. The second-order valence-corrected chi connectivity index (χ2v) is 23.3. The van der Waals surface area contributed by atoms with Gasteiger partial charge in [-0.1, -0.05) is 62.7 Å². The van der Waals surface area contributed by atoms with E-state index in [9.17, 15) is 9.90 Å². The summed E-state index contributed by atoms with van der Waals surface area (Å²) in [5, 5.41) is 23.7. The third-order valence-electron chi connectivity index (χ3n) is 11.2. The molecule has 0 radical (unpaired) electrons. The van der Waals surface area contributed by atoms with Crippen molar-refractivity contribution in [2.75, 3.05) is 19.5 Å². The van der Waals surface area contributed by atoms with Crippen molar-refractivity contribution in [2.45, 2.75) is 88.5 Å². The molecule has 0 fully saturated rings. The average molecular weight is 833 g/mol. The zero-order valence-corrected chi connectivity index (χ0v) is 37.6. The number of esters is 1. The fraction of sp³-hybridized carbons (Fsp3) is 0.419. The lowest BCUT2D eigenvalue weighted by molar-refractivity contribution is 0.0587. The van der Waals surface area contributed by atoms with Crippen LogP contribution in [0.3, 0.4) is 0 Å². The van der Waals surface area contributed by atoms with Crippen LogP contribution in [0.4, 0.5) is 0 Å². The summed E-state index contributed by atoms with van der Waals surface area (Å²) in [6.45, 7) is 16.5. The lowest BCUT2D eigenvalue weighted by Gasteiger charge is -2.36. The van der Waals surface area contributed by atoms with E-state index >= 15 is 0 Å². The number of hydrogen-bond acceptors (Lipinski definition) is 8. The van der Waals surface area contributed by atoms with Gasteiger partial charge in [0.15, 0.2) is 8.32 Å². The molecule has 6 aromatic rings. The molecule has 298 valence electrons. The van der Waals surface area contributed by atoms with E-state index in [-0.39, 0.29) is 11.0 Å². The minimum absolute atomic E-state index is 0.113. The van der Waals surface area contributed by atoms with Gasteiger partial charge in [0.05, 0.1) is 29.0 Å². The topological polar surface area (TPSA) is 96.3 Å². The summed E-state index contributed by atoms with van der Waals surface area (Å²) in [5.41, 5.74) is 8.30. The Labute approximate surface area is 345 Å². The Kier molecular flexibility index (Phi) is 12.8. The van der Waals surface area contributed by atoms with Gasteiger partial charge < -0.3 is 18.8 Å². The number of nitrogens with zero attached hydrogens (tertiary/aromatic N) is 5. The maximum Gasteiger partial charge on any atom is 0.354 e. The van der Waals surface area contributed by atoms with Gasteiger partial charge in [-0.3, -0.25) is 9.36 Å². The van der Waals surface area contributed by atoms with E-state index in [2.05, 4.69) is 63.6 Å². The third kappa shape index (κ3) is 8.60. The first kappa shape index (κ1) is 41.9. The second-order valence-electron chi connectivity index (χ2n) is 15.9. The van der Waals surface area contributed by atoms with Crippen LogP contribution in [0.25, 0.3) is 32.8 Å². The van der Waals surface area contributed by atoms with Crippen molar-refractivity contribution in [2.24, 2.45) is 14.1 Å². The molecule has 13 heteroatoms. The highest BCUT2D eigenvalue weighted by atomic mass is 35.5. The van der Waals surface area contributed by atoms with Crippen LogP contribution in [0.2, 0.25) is 23.2 Å². The van der Waals surface area contributed by atoms with Gasteiger partial charge in [0.2, 0.25) is 0 Å². The summed E-state index contributed by atoms with van der Waals surface area (Å²) in [6, 6.07) is 18.0. The molecule has 0 bridgehead atoms. The lowest BCUT2D eigenvalue weighted by Crippen LogP contribution is -2.41. The summed E-state index contributed by atoms with van der Waals surface area (Å²) in [7, 11) is 3.44. The van der Waals surface area contributed by atoms with E-state index in [1.807, 2.05) is 66.8 Å². The molecule has 0 aliphatic heterocycles. The zero-order chi connectivity index (χ0) is 40.5. The maximum atomic E-state index is 13.8. The Morgan fingerprint density at radius 1 is 0.964 bits per heavy atom. The van der Waals surface area contributed by atoms with Crippen molar-refractivity contribution < 1.29 is 19.1 Å². The molecule has 0 saturated heterocycles. The number of halogens is 1. The first-order valence-corrected chi connectivity index (χ1v) is 24.5. The van der Waals surface area contributed by atoms with E-state index in [1.165, 1.54) is 7.11 Å². The smallest absolute Gasteiger partial charge is 0.354 e. The predicted molar refractivity (Wildman–Crippen MR) is 236 cm³/mol. The van der Waals surface area contributed by atoms with Crippen LogP contribution in [0, 0.1) is 13.8 Å². The SMILES string of the molecule is COC(=O)c1c(CCCO[Si](C)(C)C(C)(C)C)c2ccc(Cl)c(-c3c(C)nn(C)c3C)c2n1CCSCc1cc(CSc2cc(O)c3ccccc3c2)n(C)n1. The lowest BCUT2D eigenvalue weighted by atomic mass is 9.98. The molecule has 9 nitrogen and oxygen atoms in total. The number of carbonyl (C=O) groups is 1. The molecule has 3 aromatic carbocycles. The average Bonchev–Trinajstić information content (AvgIpc) is 3.75. The van der Waals surface area contributed by atoms with Gasteiger partial charge >= 0.3 is 5.97 Å². The van der Waals surface area contributed by atoms with Crippen molar-refractivity contribution >= 4 is 71.1 Å². The van der Waals surface area contributed by atoms with E-state index < -0.39 is 8.32 Å². The van der Waals surface area contributed by atoms with Gasteiger partial charge in [-0.25, -0.2) is 4.79 Å². The van der Waals surface area contributed by atoms with Gasteiger partial charge in [0, 0.05) is 82.7 Å². The van der Waals surface area contributed by atoms with Crippen LogP contribution in [-0.4, -0.2) is 63.0 Å². The Morgan fingerprint density at radius 2 is 1.71 bits per heavy atom. The minimum Gasteiger partial charge on any atom is -0.507 e. The number of benzene rings is 3. The van der Waals surface area contributed by atoms with Crippen LogP contribution in [0.1, 0.15) is 66.0 Å². The van der Waals surface area contributed by atoms with Crippen molar-refractivity contribution in [3.8, 4) is 16.9 Å². The largest absolute Gasteiger partial charge is 0.507 e. The number of rotatable bonds is 15. The molecule has 0 atom stereocenters. The molecular formula is C43H54ClN5O4S2Si. The highest BCUT2D eigenvalue weighted by Gasteiger charge is 2.37. The first-order chi connectivity index (χ1) is 26.5. The van der Waals surface area contributed by atoms with Crippen LogP contribution in [0.5, 0.6) is 5.75 Å².